The molecule has 0 N–H and O–H groups in total. The Hall–Kier alpha value is -2.02. The van der Waals surface area contributed by atoms with Crippen LogP contribution < -0.4 is 4.90 Å². The Labute approximate surface area is 196 Å². The summed E-state index contributed by atoms with van der Waals surface area (Å²) in [5.41, 5.74) is 1.68. The van der Waals surface area contributed by atoms with E-state index in [0.29, 0.717) is 16.1 Å². The lowest BCUT2D eigenvalue weighted by Gasteiger charge is -2.26. The third kappa shape index (κ3) is 5.08. The number of hydrogen-bond donors (Lipinski definition) is 0. The highest BCUT2D eigenvalue weighted by atomic mass is 35.5. The molecule has 0 aliphatic heterocycles. The Kier molecular flexibility index (Phi) is 7.20. The summed E-state index contributed by atoms with van der Waals surface area (Å²) < 4.78 is 2.18. The van der Waals surface area contributed by atoms with Gasteiger partial charge in [0, 0.05) is 29.4 Å². The zero-order chi connectivity index (χ0) is 21.8. The van der Waals surface area contributed by atoms with Crippen molar-refractivity contribution in [2.75, 3.05) is 17.7 Å². The summed E-state index contributed by atoms with van der Waals surface area (Å²) in [6.07, 6.45) is 5.74. The van der Waals surface area contributed by atoms with Crippen LogP contribution in [0.2, 0.25) is 10.0 Å². The number of carbonyl (C=O) groups excluding carboxylic acids is 1. The van der Waals surface area contributed by atoms with Crippen LogP contribution in [0.4, 0.5) is 5.69 Å². The summed E-state index contributed by atoms with van der Waals surface area (Å²) in [5, 5.41) is 10.8. The smallest absolute Gasteiger partial charge is 0.237 e. The van der Waals surface area contributed by atoms with E-state index in [1.807, 2.05) is 42.5 Å². The quantitative estimate of drug-likeness (QED) is 0.381. The molecular formula is C23H24Cl2N4OS. The predicted molar refractivity (Wildman–Crippen MR) is 128 cm³/mol. The van der Waals surface area contributed by atoms with Crippen LogP contribution in [0.5, 0.6) is 0 Å². The molecule has 31 heavy (non-hydrogen) atoms. The van der Waals surface area contributed by atoms with Crippen LogP contribution in [-0.2, 0) is 4.79 Å². The number of nitrogens with zero attached hydrogens (tertiary/aromatic N) is 4. The third-order valence-electron chi connectivity index (χ3n) is 5.62. The molecule has 2 aromatic carbocycles. The van der Waals surface area contributed by atoms with E-state index in [1.54, 1.807) is 18.0 Å². The van der Waals surface area contributed by atoms with Gasteiger partial charge < -0.3 is 4.90 Å². The number of carbonyl (C=O) groups is 1. The van der Waals surface area contributed by atoms with Crippen molar-refractivity contribution < 1.29 is 4.79 Å². The van der Waals surface area contributed by atoms with Crippen molar-refractivity contribution in [2.45, 2.75) is 43.3 Å². The van der Waals surface area contributed by atoms with Gasteiger partial charge in [-0.25, -0.2) is 0 Å². The number of para-hydroxylation sites is 1. The normalized spacial score (nSPS) is 14.5. The monoisotopic (exact) mass is 474 g/mol. The van der Waals surface area contributed by atoms with E-state index in [4.69, 9.17) is 23.2 Å². The fraction of sp³-hybridized carbons (Fsp3) is 0.348. The highest BCUT2D eigenvalue weighted by Gasteiger charge is 2.25. The summed E-state index contributed by atoms with van der Waals surface area (Å²) >= 11 is 14.0. The standard InChI is InChI=1S/C23H24Cl2N4OS/c1-28(17-8-4-2-5-9-17)21(30)15-31-23-27-26-22(19-13-12-16(24)14-20(19)25)29(23)18-10-6-3-7-11-18/h2,4-5,8-9,12-14,18H,3,6-7,10-11,15H2,1H3. The number of aromatic nitrogens is 3. The van der Waals surface area contributed by atoms with Gasteiger partial charge in [0.25, 0.3) is 0 Å². The fourth-order valence-electron chi connectivity index (χ4n) is 3.92. The van der Waals surface area contributed by atoms with Gasteiger partial charge in [0.05, 0.1) is 10.8 Å². The topological polar surface area (TPSA) is 51.0 Å². The van der Waals surface area contributed by atoms with Gasteiger partial charge in [-0.3, -0.25) is 9.36 Å². The lowest BCUT2D eigenvalue weighted by molar-refractivity contribution is -0.115. The van der Waals surface area contributed by atoms with Crippen molar-refractivity contribution in [3.8, 4) is 11.4 Å². The molecule has 162 valence electrons. The minimum absolute atomic E-state index is 0.0143. The van der Waals surface area contributed by atoms with Crippen LogP contribution in [0, 0.1) is 0 Å². The summed E-state index contributed by atoms with van der Waals surface area (Å²) in [4.78, 5) is 14.5. The van der Waals surface area contributed by atoms with Gasteiger partial charge in [-0.2, -0.15) is 0 Å². The Morgan fingerprint density at radius 2 is 1.84 bits per heavy atom. The maximum atomic E-state index is 12.8. The Morgan fingerprint density at radius 1 is 1.10 bits per heavy atom. The molecule has 0 atom stereocenters. The van der Waals surface area contributed by atoms with Crippen LogP contribution in [0.15, 0.2) is 53.7 Å². The number of benzene rings is 2. The van der Waals surface area contributed by atoms with Crippen LogP contribution in [0.3, 0.4) is 0 Å². The maximum absolute atomic E-state index is 12.8. The average molecular weight is 475 g/mol. The van der Waals surface area contributed by atoms with Crippen LogP contribution in [0.25, 0.3) is 11.4 Å². The molecule has 0 radical (unpaired) electrons. The predicted octanol–water partition coefficient (Wildman–Crippen LogP) is 6.51. The first-order valence-corrected chi connectivity index (χ1v) is 12.1. The van der Waals surface area contributed by atoms with E-state index in [2.05, 4.69) is 14.8 Å². The molecule has 1 aromatic heterocycles. The zero-order valence-corrected chi connectivity index (χ0v) is 19.6. The molecule has 1 aliphatic rings. The summed E-state index contributed by atoms with van der Waals surface area (Å²) in [7, 11) is 1.79. The molecular weight excluding hydrogens is 451 g/mol. The molecule has 1 aliphatic carbocycles. The van der Waals surface area contributed by atoms with E-state index >= 15 is 0 Å². The highest BCUT2D eigenvalue weighted by molar-refractivity contribution is 7.99. The number of amides is 1. The van der Waals surface area contributed by atoms with Crippen LogP contribution >= 0.6 is 35.0 Å². The molecule has 1 heterocycles. The molecule has 1 fully saturated rings. The Morgan fingerprint density at radius 3 is 2.55 bits per heavy atom. The number of anilines is 1. The van der Waals surface area contributed by atoms with E-state index in [9.17, 15) is 4.79 Å². The van der Waals surface area contributed by atoms with Gasteiger partial charge in [-0.05, 0) is 43.2 Å². The van der Waals surface area contributed by atoms with E-state index in [-0.39, 0.29) is 11.7 Å². The molecule has 3 aromatic rings. The van der Waals surface area contributed by atoms with Gasteiger partial charge in [0.2, 0.25) is 5.91 Å². The second-order valence-corrected chi connectivity index (χ2v) is 9.46. The molecule has 4 rings (SSSR count). The molecule has 1 saturated carbocycles. The Balaban J connectivity index is 1.60. The lowest BCUT2D eigenvalue weighted by atomic mass is 9.95. The van der Waals surface area contributed by atoms with Crippen molar-refractivity contribution in [3.05, 3.63) is 58.6 Å². The molecule has 0 spiro atoms. The van der Waals surface area contributed by atoms with E-state index in [1.165, 1.54) is 31.0 Å². The first kappa shape index (κ1) is 22.2. The molecule has 0 saturated heterocycles. The van der Waals surface area contributed by atoms with Gasteiger partial charge >= 0.3 is 0 Å². The number of thioether (sulfide) groups is 1. The van der Waals surface area contributed by atoms with Crippen molar-refractivity contribution in [2.24, 2.45) is 0 Å². The third-order valence-corrected chi connectivity index (χ3v) is 7.09. The van der Waals surface area contributed by atoms with Gasteiger partial charge in [-0.1, -0.05) is 72.4 Å². The largest absolute Gasteiger partial charge is 0.315 e. The zero-order valence-electron chi connectivity index (χ0n) is 17.3. The van der Waals surface area contributed by atoms with Gasteiger partial charge in [0.1, 0.15) is 0 Å². The minimum atomic E-state index is 0.0143. The first-order chi connectivity index (χ1) is 15.0. The highest BCUT2D eigenvalue weighted by Crippen LogP contribution is 2.38. The molecule has 8 heteroatoms. The van der Waals surface area contributed by atoms with Gasteiger partial charge in [0.15, 0.2) is 11.0 Å². The molecule has 0 bridgehead atoms. The molecule has 0 unspecified atom stereocenters. The van der Waals surface area contributed by atoms with Crippen molar-refractivity contribution in [1.82, 2.24) is 14.8 Å². The van der Waals surface area contributed by atoms with Gasteiger partial charge in [-0.15, -0.1) is 10.2 Å². The van der Waals surface area contributed by atoms with Crippen molar-refractivity contribution in [1.29, 1.82) is 0 Å². The molecule has 1 amide bonds. The lowest BCUT2D eigenvalue weighted by Crippen LogP contribution is -2.28. The summed E-state index contributed by atoms with van der Waals surface area (Å²) in [6, 6.07) is 15.4. The van der Waals surface area contributed by atoms with Crippen LogP contribution in [0.1, 0.15) is 38.1 Å². The van der Waals surface area contributed by atoms with E-state index in [0.717, 1.165) is 35.1 Å². The van der Waals surface area contributed by atoms with E-state index < -0.39 is 0 Å². The summed E-state index contributed by atoms with van der Waals surface area (Å²) in [5.74, 6) is 1.03. The Bertz CT molecular complexity index is 1050. The number of rotatable bonds is 6. The van der Waals surface area contributed by atoms with Crippen LogP contribution in [-0.4, -0.2) is 33.5 Å². The minimum Gasteiger partial charge on any atom is -0.315 e. The number of hydrogen-bond acceptors (Lipinski definition) is 4. The summed E-state index contributed by atoms with van der Waals surface area (Å²) in [6.45, 7) is 0. The van der Waals surface area contributed by atoms with Crippen molar-refractivity contribution in [3.63, 3.8) is 0 Å². The fourth-order valence-corrected chi connectivity index (χ4v) is 5.33. The van der Waals surface area contributed by atoms with Crippen molar-refractivity contribution >= 4 is 46.6 Å². The number of halogens is 2. The second-order valence-electron chi connectivity index (χ2n) is 7.67. The molecule has 5 nitrogen and oxygen atoms in total. The average Bonchev–Trinajstić information content (AvgIpc) is 3.21. The SMILES string of the molecule is CN(C(=O)CSc1nnc(-c2ccc(Cl)cc2Cl)n1C1CCCCC1)c1ccccc1. The maximum Gasteiger partial charge on any atom is 0.237 e. The second kappa shape index (κ2) is 10.1. The first-order valence-electron chi connectivity index (χ1n) is 10.4.